The minimum Gasteiger partial charge on any atom is -0.312 e. The van der Waals surface area contributed by atoms with Crippen LogP contribution in [0.15, 0.2) is 22.7 Å². The predicted octanol–water partition coefficient (Wildman–Crippen LogP) is 5.05. The fraction of sp³-hybridized carbons (Fsp3) is 0.625. The highest BCUT2D eigenvalue weighted by molar-refractivity contribution is 9.10. The Morgan fingerprint density at radius 2 is 2.05 bits per heavy atom. The molecule has 0 saturated carbocycles. The molecule has 5 heteroatoms. The molecule has 0 aromatic heterocycles. The molecule has 0 aliphatic carbocycles. The summed E-state index contributed by atoms with van der Waals surface area (Å²) in [6.45, 7) is 8.07. The Balaban J connectivity index is 2.55. The highest BCUT2D eigenvalue weighted by Gasteiger charge is 2.18. The Hall–Kier alpha value is -0.940. The van der Waals surface area contributed by atoms with Crippen LogP contribution in [0.5, 0.6) is 0 Å². The third-order valence-electron chi connectivity index (χ3n) is 3.61. The normalized spacial score (nSPS) is 11.6. The van der Waals surface area contributed by atoms with Gasteiger partial charge >= 0.3 is 0 Å². The summed E-state index contributed by atoms with van der Waals surface area (Å²) in [7, 11) is 0. The van der Waals surface area contributed by atoms with Crippen molar-refractivity contribution in [3.05, 3.63) is 38.3 Å². The van der Waals surface area contributed by atoms with Gasteiger partial charge < -0.3 is 5.32 Å². The summed E-state index contributed by atoms with van der Waals surface area (Å²) >= 11 is 3.37. The van der Waals surface area contributed by atoms with Crippen LogP contribution in [0.2, 0.25) is 0 Å². The standard InChI is InChI=1S/C16H25BrN2O2/c1-4-5-6-9-16(2,3)12-18-11-13-10-14(17)7-8-15(13)19(20)21/h7-8,10,18H,4-6,9,11-12H2,1-3H3. The van der Waals surface area contributed by atoms with Crippen molar-refractivity contribution in [1.29, 1.82) is 0 Å². The highest BCUT2D eigenvalue weighted by atomic mass is 79.9. The number of nitrogens with one attached hydrogen (secondary N) is 1. The van der Waals surface area contributed by atoms with E-state index in [4.69, 9.17) is 0 Å². The van der Waals surface area contributed by atoms with E-state index in [0.29, 0.717) is 6.54 Å². The number of benzene rings is 1. The van der Waals surface area contributed by atoms with Gasteiger partial charge in [-0.25, -0.2) is 0 Å². The summed E-state index contributed by atoms with van der Waals surface area (Å²) in [5.41, 5.74) is 1.11. The van der Waals surface area contributed by atoms with E-state index in [-0.39, 0.29) is 16.0 Å². The van der Waals surface area contributed by atoms with Crippen molar-refractivity contribution in [3.63, 3.8) is 0 Å². The molecule has 0 spiro atoms. The van der Waals surface area contributed by atoms with Gasteiger partial charge in [-0.2, -0.15) is 0 Å². The second-order valence-electron chi connectivity index (χ2n) is 6.26. The van der Waals surface area contributed by atoms with E-state index >= 15 is 0 Å². The lowest BCUT2D eigenvalue weighted by Crippen LogP contribution is -2.29. The van der Waals surface area contributed by atoms with Gasteiger partial charge in [0, 0.05) is 29.2 Å². The zero-order valence-corrected chi connectivity index (χ0v) is 14.7. The summed E-state index contributed by atoms with van der Waals surface area (Å²) < 4.78 is 0.868. The highest BCUT2D eigenvalue weighted by Crippen LogP contribution is 2.25. The lowest BCUT2D eigenvalue weighted by atomic mass is 9.87. The predicted molar refractivity (Wildman–Crippen MR) is 90.4 cm³/mol. The smallest absolute Gasteiger partial charge is 0.273 e. The van der Waals surface area contributed by atoms with Crippen LogP contribution < -0.4 is 5.32 Å². The molecular formula is C16H25BrN2O2. The maximum absolute atomic E-state index is 11.0. The molecule has 0 amide bonds. The van der Waals surface area contributed by atoms with Gasteiger partial charge in [0.15, 0.2) is 0 Å². The molecule has 4 nitrogen and oxygen atoms in total. The summed E-state index contributed by atoms with van der Waals surface area (Å²) in [6.07, 6.45) is 4.91. The van der Waals surface area contributed by atoms with Crippen molar-refractivity contribution >= 4 is 21.6 Å². The third kappa shape index (κ3) is 6.57. The maximum atomic E-state index is 11.0. The van der Waals surface area contributed by atoms with Crippen LogP contribution in [0, 0.1) is 15.5 Å². The van der Waals surface area contributed by atoms with E-state index in [2.05, 4.69) is 42.0 Å². The second-order valence-corrected chi connectivity index (χ2v) is 7.17. The molecule has 0 fully saturated rings. The minimum atomic E-state index is -0.324. The molecule has 21 heavy (non-hydrogen) atoms. The van der Waals surface area contributed by atoms with Crippen molar-refractivity contribution in [2.24, 2.45) is 5.41 Å². The first kappa shape index (κ1) is 18.1. The summed E-state index contributed by atoms with van der Waals surface area (Å²) in [5, 5.41) is 14.4. The number of rotatable bonds is 9. The summed E-state index contributed by atoms with van der Waals surface area (Å²) in [4.78, 5) is 10.7. The number of hydrogen-bond donors (Lipinski definition) is 1. The van der Waals surface area contributed by atoms with Gasteiger partial charge in [0.25, 0.3) is 5.69 Å². The van der Waals surface area contributed by atoms with Crippen molar-refractivity contribution in [1.82, 2.24) is 5.32 Å². The summed E-state index contributed by atoms with van der Waals surface area (Å²) in [5.74, 6) is 0. The molecule has 0 atom stereocenters. The van der Waals surface area contributed by atoms with Crippen LogP contribution in [0.4, 0.5) is 5.69 Å². The van der Waals surface area contributed by atoms with Crippen LogP contribution in [0.1, 0.15) is 52.0 Å². The molecule has 0 unspecified atom stereocenters. The lowest BCUT2D eigenvalue weighted by Gasteiger charge is -2.25. The second kappa shape index (κ2) is 8.49. The van der Waals surface area contributed by atoms with E-state index in [1.165, 1.54) is 25.7 Å². The third-order valence-corrected chi connectivity index (χ3v) is 4.11. The average molecular weight is 357 g/mol. The quantitative estimate of drug-likeness (QED) is 0.382. The topological polar surface area (TPSA) is 55.2 Å². The molecule has 0 bridgehead atoms. The van der Waals surface area contributed by atoms with Crippen LogP contribution in [0.25, 0.3) is 0 Å². The monoisotopic (exact) mass is 356 g/mol. The van der Waals surface area contributed by atoms with Crippen molar-refractivity contribution in [3.8, 4) is 0 Å². The van der Waals surface area contributed by atoms with Gasteiger partial charge in [-0.15, -0.1) is 0 Å². The van der Waals surface area contributed by atoms with Crippen LogP contribution >= 0.6 is 15.9 Å². The average Bonchev–Trinajstić information content (AvgIpc) is 2.38. The number of unbranched alkanes of at least 4 members (excludes halogenated alkanes) is 2. The van der Waals surface area contributed by atoms with E-state index in [0.717, 1.165) is 16.6 Å². The number of nitrogens with zero attached hydrogens (tertiary/aromatic N) is 1. The van der Waals surface area contributed by atoms with Crippen molar-refractivity contribution in [2.75, 3.05) is 6.54 Å². The van der Waals surface area contributed by atoms with Gasteiger partial charge in [0.1, 0.15) is 0 Å². The van der Waals surface area contributed by atoms with Gasteiger partial charge in [0.05, 0.1) is 4.92 Å². The Morgan fingerprint density at radius 3 is 2.67 bits per heavy atom. The zero-order valence-electron chi connectivity index (χ0n) is 13.1. The van der Waals surface area contributed by atoms with Crippen molar-refractivity contribution < 1.29 is 4.92 Å². The molecule has 0 aliphatic rings. The molecule has 1 aromatic carbocycles. The lowest BCUT2D eigenvalue weighted by molar-refractivity contribution is -0.385. The first-order valence-corrected chi connectivity index (χ1v) is 8.28. The van der Waals surface area contributed by atoms with E-state index in [9.17, 15) is 10.1 Å². The SMILES string of the molecule is CCCCCC(C)(C)CNCc1cc(Br)ccc1[N+](=O)[O-]. The molecule has 0 radical (unpaired) electrons. The molecule has 1 N–H and O–H groups in total. The van der Waals surface area contributed by atoms with Crippen LogP contribution in [0.3, 0.4) is 0 Å². The Labute approximate surface area is 135 Å². The molecular weight excluding hydrogens is 332 g/mol. The molecule has 0 saturated heterocycles. The fourth-order valence-electron chi connectivity index (χ4n) is 2.35. The van der Waals surface area contributed by atoms with Gasteiger partial charge in [0.2, 0.25) is 0 Å². The first-order chi connectivity index (χ1) is 9.85. The van der Waals surface area contributed by atoms with E-state index in [1.54, 1.807) is 12.1 Å². The Morgan fingerprint density at radius 1 is 1.33 bits per heavy atom. The number of hydrogen-bond acceptors (Lipinski definition) is 3. The molecule has 0 heterocycles. The Kier molecular flexibility index (Phi) is 7.32. The van der Waals surface area contributed by atoms with Gasteiger partial charge in [-0.3, -0.25) is 10.1 Å². The number of nitro groups is 1. The van der Waals surface area contributed by atoms with E-state index < -0.39 is 0 Å². The fourth-order valence-corrected chi connectivity index (χ4v) is 2.76. The molecule has 1 rings (SSSR count). The van der Waals surface area contributed by atoms with Crippen molar-refractivity contribution in [2.45, 2.75) is 53.0 Å². The molecule has 1 aromatic rings. The minimum absolute atomic E-state index is 0.175. The van der Waals surface area contributed by atoms with Crippen LogP contribution in [-0.4, -0.2) is 11.5 Å². The van der Waals surface area contributed by atoms with Crippen LogP contribution in [-0.2, 0) is 6.54 Å². The van der Waals surface area contributed by atoms with Gasteiger partial charge in [-0.1, -0.05) is 56.0 Å². The summed E-state index contributed by atoms with van der Waals surface area (Å²) in [6, 6.07) is 5.07. The maximum Gasteiger partial charge on any atom is 0.273 e. The number of halogens is 1. The number of nitro benzene ring substituents is 1. The van der Waals surface area contributed by atoms with E-state index in [1.807, 2.05) is 6.07 Å². The Bertz CT molecular complexity index is 475. The largest absolute Gasteiger partial charge is 0.312 e. The zero-order chi connectivity index (χ0) is 15.9. The van der Waals surface area contributed by atoms with Gasteiger partial charge in [-0.05, 0) is 24.0 Å². The molecule has 118 valence electrons. The molecule has 0 aliphatic heterocycles. The first-order valence-electron chi connectivity index (χ1n) is 7.49.